The largest absolute Gasteiger partial charge is 0.319 e. The fourth-order valence-electron chi connectivity index (χ4n) is 7.71. The van der Waals surface area contributed by atoms with E-state index in [1.807, 2.05) is 0 Å². The Morgan fingerprint density at radius 3 is 2.00 bits per heavy atom. The van der Waals surface area contributed by atoms with E-state index in [1.54, 1.807) is 0 Å². The van der Waals surface area contributed by atoms with Crippen LogP contribution < -0.4 is 5.32 Å². The summed E-state index contributed by atoms with van der Waals surface area (Å²) in [6.07, 6.45) is 16.7. The van der Waals surface area contributed by atoms with Crippen molar-refractivity contribution in [2.75, 3.05) is 33.7 Å². The van der Waals surface area contributed by atoms with Gasteiger partial charge in [0.05, 0.1) is 0 Å². The van der Waals surface area contributed by atoms with Gasteiger partial charge in [-0.15, -0.1) is 0 Å². The molecule has 0 radical (unpaired) electrons. The fourth-order valence-corrected chi connectivity index (χ4v) is 7.71. The van der Waals surface area contributed by atoms with Crippen LogP contribution in [0, 0.1) is 34.5 Å². The molecule has 4 saturated carbocycles. The zero-order chi connectivity index (χ0) is 17.5. The molecule has 2 heteroatoms. The van der Waals surface area contributed by atoms with E-state index in [2.05, 4.69) is 31.2 Å². The molecule has 0 bridgehead atoms. The predicted molar refractivity (Wildman–Crippen MR) is 107 cm³/mol. The van der Waals surface area contributed by atoms with Crippen LogP contribution in [-0.4, -0.2) is 38.6 Å². The van der Waals surface area contributed by atoms with Crippen LogP contribution in [0.2, 0.25) is 0 Å². The molecule has 2 nitrogen and oxygen atoms in total. The summed E-state index contributed by atoms with van der Waals surface area (Å²) in [4.78, 5) is 2.71. The molecule has 0 aromatic heterocycles. The Labute approximate surface area is 156 Å². The SMILES string of the molecule is CNCC1CC2(CCC(CN(C)CC3CCC4(CC3)CC(C)C4)C2)C1. The summed E-state index contributed by atoms with van der Waals surface area (Å²) in [6.45, 7) is 6.44. The highest BCUT2D eigenvalue weighted by Gasteiger charge is 2.48. The zero-order valence-electron chi connectivity index (χ0n) is 17.2. The van der Waals surface area contributed by atoms with Crippen molar-refractivity contribution in [2.45, 2.75) is 77.6 Å². The van der Waals surface area contributed by atoms with E-state index in [-0.39, 0.29) is 0 Å². The van der Waals surface area contributed by atoms with Crippen LogP contribution in [0.5, 0.6) is 0 Å². The normalized spacial score (nSPS) is 46.6. The van der Waals surface area contributed by atoms with Crippen LogP contribution in [0.1, 0.15) is 77.6 Å². The first kappa shape index (κ1) is 18.3. The summed E-state index contributed by atoms with van der Waals surface area (Å²) in [7, 11) is 4.52. The molecule has 4 rings (SSSR count). The van der Waals surface area contributed by atoms with E-state index in [0.29, 0.717) is 0 Å². The first-order chi connectivity index (χ1) is 12.0. The summed E-state index contributed by atoms with van der Waals surface area (Å²) < 4.78 is 0. The summed E-state index contributed by atoms with van der Waals surface area (Å²) >= 11 is 0. The highest BCUT2D eigenvalue weighted by Crippen LogP contribution is 2.58. The molecule has 1 unspecified atom stereocenters. The average molecular weight is 347 g/mol. The Morgan fingerprint density at radius 2 is 1.36 bits per heavy atom. The van der Waals surface area contributed by atoms with Gasteiger partial charge in [0.15, 0.2) is 0 Å². The smallest absolute Gasteiger partial charge is 0.000693 e. The third-order valence-electron chi connectivity index (χ3n) is 8.61. The second-order valence-electron chi connectivity index (χ2n) is 11.1. The lowest BCUT2D eigenvalue weighted by atomic mass is 9.55. The molecule has 1 atom stereocenters. The molecule has 0 heterocycles. The van der Waals surface area contributed by atoms with Gasteiger partial charge in [-0.25, -0.2) is 0 Å². The van der Waals surface area contributed by atoms with E-state index in [1.165, 1.54) is 90.3 Å². The van der Waals surface area contributed by atoms with Gasteiger partial charge in [-0.05, 0) is 126 Å². The van der Waals surface area contributed by atoms with E-state index in [4.69, 9.17) is 0 Å². The maximum absolute atomic E-state index is 3.37. The Balaban J connectivity index is 1.15. The lowest BCUT2D eigenvalue weighted by molar-refractivity contribution is 0.00330. The van der Waals surface area contributed by atoms with Crippen LogP contribution in [0.25, 0.3) is 0 Å². The highest BCUT2D eigenvalue weighted by molar-refractivity contribution is 5.00. The molecule has 0 aromatic carbocycles. The van der Waals surface area contributed by atoms with Crippen LogP contribution in [-0.2, 0) is 0 Å². The molecule has 0 aromatic rings. The van der Waals surface area contributed by atoms with Crippen LogP contribution >= 0.6 is 0 Å². The van der Waals surface area contributed by atoms with E-state index in [0.717, 1.165) is 34.5 Å². The van der Waals surface area contributed by atoms with Gasteiger partial charge >= 0.3 is 0 Å². The number of hydrogen-bond acceptors (Lipinski definition) is 2. The Hall–Kier alpha value is -0.0800. The van der Waals surface area contributed by atoms with Crippen LogP contribution in [0.4, 0.5) is 0 Å². The van der Waals surface area contributed by atoms with Gasteiger partial charge in [-0.3, -0.25) is 0 Å². The molecular weight excluding hydrogens is 304 g/mol. The van der Waals surface area contributed by atoms with Crippen molar-refractivity contribution >= 4 is 0 Å². The van der Waals surface area contributed by atoms with Gasteiger partial charge in [-0.2, -0.15) is 0 Å². The fraction of sp³-hybridized carbons (Fsp3) is 1.00. The van der Waals surface area contributed by atoms with Crippen molar-refractivity contribution < 1.29 is 0 Å². The Kier molecular flexibility index (Phi) is 5.23. The molecule has 0 saturated heterocycles. The first-order valence-electron chi connectivity index (χ1n) is 11.3. The van der Waals surface area contributed by atoms with Crippen molar-refractivity contribution in [3.63, 3.8) is 0 Å². The van der Waals surface area contributed by atoms with Gasteiger partial charge in [0.2, 0.25) is 0 Å². The molecule has 4 fully saturated rings. The van der Waals surface area contributed by atoms with Gasteiger partial charge in [0.1, 0.15) is 0 Å². The summed E-state index contributed by atoms with van der Waals surface area (Å²) in [5.41, 5.74) is 1.57. The lowest BCUT2D eigenvalue weighted by Crippen LogP contribution is -2.41. The Bertz CT molecular complexity index is 437. The van der Waals surface area contributed by atoms with Crippen molar-refractivity contribution in [3.05, 3.63) is 0 Å². The molecule has 0 amide bonds. The summed E-state index contributed by atoms with van der Waals surface area (Å²) in [5.74, 6) is 3.98. The van der Waals surface area contributed by atoms with Crippen molar-refractivity contribution in [3.8, 4) is 0 Å². The van der Waals surface area contributed by atoms with Gasteiger partial charge in [0, 0.05) is 13.1 Å². The predicted octanol–water partition coefficient (Wildman–Crippen LogP) is 4.94. The number of rotatable bonds is 6. The zero-order valence-corrected chi connectivity index (χ0v) is 17.2. The van der Waals surface area contributed by atoms with Gasteiger partial charge < -0.3 is 10.2 Å². The topological polar surface area (TPSA) is 15.3 Å². The highest BCUT2D eigenvalue weighted by atomic mass is 15.1. The minimum Gasteiger partial charge on any atom is -0.319 e. The number of nitrogens with one attached hydrogen (secondary N) is 1. The maximum Gasteiger partial charge on any atom is 0.000693 e. The monoisotopic (exact) mass is 346 g/mol. The first-order valence-corrected chi connectivity index (χ1v) is 11.3. The summed E-state index contributed by atoms with van der Waals surface area (Å²) in [6, 6.07) is 0. The van der Waals surface area contributed by atoms with E-state index < -0.39 is 0 Å². The molecule has 25 heavy (non-hydrogen) atoms. The second kappa shape index (κ2) is 7.15. The second-order valence-corrected chi connectivity index (χ2v) is 11.1. The third kappa shape index (κ3) is 3.95. The van der Waals surface area contributed by atoms with Crippen LogP contribution in [0.15, 0.2) is 0 Å². The molecule has 4 aliphatic carbocycles. The molecular formula is C23H42N2. The minimum absolute atomic E-state index is 0.769. The quantitative estimate of drug-likeness (QED) is 0.733. The van der Waals surface area contributed by atoms with Crippen molar-refractivity contribution in [1.29, 1.82) is 0 Å². The van der Waals surface area contributed by atoms with E-state index in [9.17, 15) is 0 Å². The molecule has 1 N–H and O–H groups in total. The molecule has 144 valence electrons. The minimum atomic E-state index is 0.769. The molecule has 2 spiro atoms. The number of hydrogen-bond donors (Lipinski definition) is 1. The molecule has 0 aliphatic heterocycles. The Morgan fingerprint density at radius 1 is 0.800 bits per heavy atom. The summed E-state index contributed by atoms with van der Waals surface area (Å²) in [5, 5.41) is 3.37. The maximum atomic E-state index is 3.37. The average Bonchev–Trinajstić information content (AvgIpc) is 2.92. The lowest BCUT2D eigenvalue weighted by Gasteiger charge is -2.51. The van der Waals surface area contributed by atoms with Crippen LogP contribution in [0.3, 0.4) is 0 Å². The van der Waals surface area contributed by atoms with Crippen molar-refractivity contribution in [2.24, 2.45) is 34.5 Å². The van der Waals surface area contributed by atoms with Gasteiger partial charge in [-0.1, -0.05) is 6.92 Å². The number of nitrogens with zero attached hydrogens (tertiary/aromatic N) is 1. The standard InChI is InChI=1S/C23H42N2/c1-18-10-22(11-18)7-4-19(5-8-22)16-25(3)17-20-6-9-23(12-20)13-21(14-23)15-24-2/h18-21,24H,4-17H2,1-3H3. The third-order valence-corrected chi connectivity index (χ3v) is 8.61. The molecule has 4 aliphatic rings. The van der Waals surface area contributed by atoms with Crippen molar-refractivity contribution in [1.82, 2.24) is 10.2 Å². The van der Waals surface area contributed by atoms with Gasteiger partial charge in [0.25, 0.3) is 0 Å². The van der Waals surface area contributed by atoms with E-state index >= 15 is 0 Å².